The molecule has 9 heteroatoms. The van der Waals surface area contributed by atoms with Crippen molar-refractivity contribution in [2.45, 2.75) is 31.7 Å². The summed E-state index contributed by atoms with van der Waals surface area (Å²) in [5.41, 5.74) is 0.481. The van der Waals surface area contributed by atoms with Crippen LogP contribution in [0, 0.1) is 29.4 Å². The van der Waals surface area contributed by atoms with Gasteiger partial charge in [0.1, 0.15) is 17.3 Å². The second-order valence-electron chi connectivity index (χ2n) is 9.65. The van der Waals surface area contributed by atoms with Crippen molar-refractivity contribution in [3.05, 3.63) is 41.3 Å². The zero-order chi connectivity index (χ0) is 23.2. The number of anilines is 1. The summed E-state index contributed by atoms with van der Waals surface area (Å²) in [6.45, 7) is 3.03. The molecule has 3 fully saturated rings. The number of amides is 1. The molecule has 1 amide bonds. The summed E-state index contributed by atoms with van der Waals surface area (Å²) in [7, 11) is 0. The topological polar surface area (TPSA) is 67.3 Å². The van der Waals surface area contributed by atoms with Gasteiger partial charge in [-0.25, -0.2) is 8.78 Å². The van der Waals surface area contributed by atoms with E-state index < -0.39 is 11.6 Å². The lowest BCUT2D eigenvalue weighted by Crippen LogP contribution is -2.38. The van der Waals surface area contributed by atoms with Crippen LogP contribution in [0.1, 0.15) is 25.7 Å². The van der Waals surface area contributed by atoms with E-state index >= 15 is 0 Å². The number of likely N-dealkylation sites (tertiary alicyclic amines) is 1. The second-order valence-corrected chi connectivity index (χ2v) is 10.6. The number of carbonyl (C=O) groups excluding carboxylic acids is 1. The van der Waals surface area contributed by atoms with Crippen molar-refractivity contribution in [3.63, 3.8) is 0 Å². The molecule has 3 atom stereocenters. The lowest BCUT2D eigenvalue weighted by atomic mass is 9.98. The van der Waals surface area contributed by atoms with Gasteiger partial charge in [-0.05, 0) is 67.2 Å². The van der Waals surface area contributed by atoms with Gasteiger partial charge in [0.2, 0.25) is 5.91 Å². The van der Waals surface area contributed by atoms with Gasteiger partial charge < -0.3 is 15.0 Å². The highest BCUT2D eigenvalue weighted by Gasteiger charge is 2.43. The molecule has 0 spiro atoms. The van der Waals surface area contributed by atoms with E-state index in [9.17, 15) is 13.6 Å². The zero-order valence-electron chi connectivity index (χ0n) is 18.7. The quantitative estimate of drug-likeness (QED) is 0.581. The number of nitrogens with one attached hydrogen (secondary N) is 1. The molecule has 34 heavy (non-hydrogen) atoms. The van der Waals surface area contributed by atoms with Crippen LogP contribution in [0.25, 0.3) is 21.3 Å². The van der Waals surface area contributed by atoms with E-state index in [1.54, 1.807) is 0 Å². The van der Waals surface area contributed by atoms with E-state index in [0.717, 1.165) is 67.1 Å². The lowest BCUT2D eigenvalue weighted by Gasteiger charge is -2.27. The van der Waals surface area contributed by atoms with E-state index in [2.05, 4.69) is 20.4 Å². The summed E-state index contributed by atoms with van der Waals surface area (Å²) in [5, 5.41) is 15.0. The summed E-state index contributed by atoms with van der Waals surface area (Å²) < 4.78 is 34.3. The van der Waals surface area contributed by atoms with Crippen LogP contribution in [-0.4, -0.2) is 53.3 Å². The molecule has 6 rings (SSSR count). The number of hydrogen-bond donors (Lipinski definition) is 1. The fourth-order valence-corrected chi connectivity index (χ4v) is 6.73. The molecule has 1 saturated carbocycles. The van der Waals surface area contributed by atoms with Crippen molar-refractivity contribution >= 4 is 33.1 Å². The largest absolute Gasteiger partial charge is 0.381 e. The third-order valence-corrected chi connectivity index (χ3v) is 8.46. The smallest absolute Gasteiger partial charge is 0.225 e. The van der Waals surface area contributed by atoms with Crippen LogP contribution in [0.2, 0.25) is 0 Å². The van der Waals surface area contributed by atoms with Crippen molar-refractivity contribution < 1.29 is 18.3 Å². The van der Waals surface area contributed by atoms with E-state index in [4.69, 9.17) is 4.74 Å². The predicted molar refractivity (Wildman–Crippen MR) is 127 cm³/mol. The molecular formula is C25H26F2N4O2S. The molecule has 1 aromatic carbocycles. The number of thiophene rings is 1. The van der Waals surface area contributed by atoms with Gasteiger partial charge in [0.25, 0.3) is 0 Å². The highest BCUT2D eigenvalue weighted by Crippen LogP contribution is 2.41. The van der Waals surface area contributed by atoms with Crippen LogP contribution in [0.15, 0.2) is 29.6 Å². The van der Waals surface area contributed by atoms with Crippen molar-refractivity contribution in [1.29, 1.82) is 0 Å². The minimum absolute atomic E-state index is 0.116. The Morgan fingerprint density at radius 3 is 2.62 bits per heavy atom. The lowest BCUT2D eigenvalue weighted by molar-refractivity contribution is -0.137. The molecular weight excluding hydrogens is 458 g/mol. The molecule has 2 aliphatic heterocycles. The first-order chi connectivity index (χ1) is 16.6. The Kier molecular flexibility index (Phi) is 5.69. The van der Waals surface area contributed by atoms with Gasteiger partial charge in [-0.3, -0.25) is 4.79 Å². The summed E-state index contributed by atoms with van der Waals surface area (Å²) in [5.74, 6) is 1.05. The third-order valence-electron chi connectivity index (χ3n) is 7.54. The standard InChI is InChI=1S/C25H26F2N4O2S/c26-17-1-2-21(27)20(11-17)22-23-19(5-8-34-23)24(30-29-22)28-18-9-15-12-31(13-16(15)10-18)25(32)14-3-6-33-7-4-14/h1-2,5,8,11,14-16,18H,3-4,6-7,9-10,12-13H2,(H,28,30)/t15-,16+,18+. The van der Waals surface area contributed by atoms with Gasteiger partial charge in [0.15, 0.2) is 5.82 Å². The Balaban J connectivity index is 1.15. The number of aromatic nitrogens is 2. The molecule has 1 aliphatic carbocycles. The Labute approximate surface area is 200 Å². The molecule has 0 unspecified atom stereocenters. The van der Waals surface area contributed by atoms with Gasteiger partial charge >= 0.3 is 0 Å². The number of ether oxygens (including phenoxy) is 1. The first-order valence-corrected chi connectivity index (χ1v) is 12.8. The van der Waals surface area contributed by atoms with E-state index in [-0.39, 0.29) is 17.5 Å². The van der Waals surface area contributed by atoms with E-state index in [1.165, 1.54) is 11.3 Å². The molecule has 178 valence electrons. The Morgan fingerprint density at radius 1 is 1.09 bits per heavy atom. The third kappa shape index (κ3) is 3.94. The molecule has 2 aromatic heterocycles. The second kappa shape index (κ2) is 8.85. The Hall–Kier alpha value is -2.65. The number of halogens is 2. The van der Waals surface area contributed by atoms with Crippen LogP contribution in [0.3, 0.4) is 0 Å². The van der Waals surface area contributed by atoms with Crippen LogP contribution < -0.4 is 5.32 Å². The number of rotatable bonds is 4. The fraction of sp³-hybridized carbons (Fsp3) is 0.480. The maximum Gasteiger partial charge on any atom is 0.225 e. The minimum atomic E-state index is -0.519. The van der Waals surface area contributed by atoms with Gasteiger partial charge in [-0.2, -0.15) is 0 Å². The Morgan fingerprint density at radius 2 is 1.85 bits per heavy atom. The summed E-state index contributed by atoms with van der Waals surface area (Å²) in [4.78, 5) is 15.0. The number of benzene rings is 1. The first-order valence-electron chi connectivity index (χ1n) is 11.9. The van der Waals surface area contributed by atoms with Crippen LogP contribution in [0.4, 0.5) is 14.6 Å². The summed E-state index contributed by atoms with van der Waals surface area (Å²) in [6.07, 6.45) is 3.63. The molecule has 0 bridgehead atoms. The number of fused-ring (bicyclic) bond motifs is 2. The summed E-state index contributed by atoms with van der Waals surface area (Å²) in [6, 6.07) is 5.58. The average Bonchev–Trinajstić information content (AvgIpc) is 3.56. The molecule has 3 aliphatic rings. The van der Waals surface area contributed by atoms with E-state index in [1.807, 2.05) is 11.4 Å². The number of nitrogens with zero attached hydrogens (tertiary/aromatic N) is 3. The minimum Gasteiger partial charge on any atom is -0.381 e. The van der Waals surface area contributed by atoms with Gasteiger partial charge in [-0.15, -0.1) is 21.5 Å². The first kappa shape index (κ1) is 21.9. The number of hydrogen-bond acceptors (Lipinski definition) is 6. The van der Waals surface area contributed by atoms with Gasteiger partial charge in [0.05, 0.1) is 4.70 Å². The highest BCUT2D eigenvalue weighted by atomic mass is 32.1. The molecule has 3 aromatic rings. The molecule has 1 N–H and O–H groups in total. The van der Waals surface area contributed by atoms with Crippen LogP contribution in [-0.2, 0) is 9.53 Å². The zero-order valence-corrected chi connectivity index (χ0v) is 19.5. The summed E-state index contributed by atoms with van der Waals surface area (Å²) >= 11 is 1.44. The SMILES string of the molecule is O=C(C1CCOCC1)N1C[C@H]2C[C@H](Nc3nnc(-c4cc(F)ccc4F)c4sccc34)C[C@H]2C1. The van der Waals surface area contributed by atoms with Crippen LogP contribution in [0.5, 0.6) is 0 Å². The van der Waals surface area contributed by atoms with Crippen molar-refractivity contribution in [3.8, 4) is 11.3 Å². The van der Waals surface area contributed by atoms with Crippen LogP contribution >= 0.6 is 11.3 Å². The van der Waals surface area contributed by atoms with Crippen molar-refractivity contribution in [2.75, 3.05) is 31.6 Å². The van der Waals surface area contributed by atoms with Gasteiger partial charge in [-0.1, -0.05) is 0 Å². The maximum absolute atomic E-state index is 14.4. The molecule has 4 heterocycles. The van der Waals surface area contributed by atoms with Crippen molar-refractivity contribution in [2.24, 2.45) is 17.8 Å². The average molecular weight is 485 g/mol. The molecule has 0 radical (unpaired) electrons. The monoisotopic (exact) mass is 484 g/mol. The fourth-order valence-electron chi connectivity index (χ4n) is 5.83. The molecule has 2 saturated heterocycles. The van der Waals surface area contributed by atoms with Crippen molar-refractivity contribution in [1.82, 2.24) is 15.1 Å². The maximum atomic E-state index is 14.4. The van der Waals surface area contributed by atoms with Gasteiger partial charge in [0, 0.05) is 49.2 Å². The normalized spacial score (nSPS) is 25.1. The van der Waals surface area contributed by atoms with E-state index in [0.29, 0.717) is 42.5 Å². The highest BCUT2D eigenvalue weighted by molar-refractivity contribution is 7.17. The predicted octanol–water partition coefficient (Wildman–Crippen LogP) is 4.71. The Bertz CT molecular complexity index is 1210. The number of carbonyl (C=O) groups is 1. The molecule has 6 nitrogen and oxygen atoms in total.